The van der Waals surface area contributed by atoms with Crippen molar-refractivity contribution in [3.05, 3.63) is 98.9 Å². The number of benzene rings is 3. The van der Waals surface area contributed by atoms with Gasteiger partial charge in [-0.2, -0.15) is 13.2 Å². The lowest BCUT2D eigenvalue weighted by atomic mass is 10.0. The maximum Gasteiger partial charge on any atom is 0.418 e. The van der Waals surface area contributed by atoms with Crippen molar-refractivity contribution < 1.29 is 37.0 Å². The summed E-state index contributed by atoms with van der Waals surface area (Å²) in [7, 11) is 1.30. The van der Waals surface area contributed by atoms with Gasteiger partial charge in [-0.1, -0.05) is 41.9 Å². The van der Waals surface area contributed by atoms with Gasteiger partial charge in [-0.05, 0) is 54.8 Å². The van der Waals surface area contributed by atoms with Crippen LogP contribution in [0.4, 0.5) is 29.3 Å². The number of aromatic amines is 1. The topological polar surface area (TPSA) is 156 Å². The number of hydrogen-bond acceptors (Lipinski definition) is 9. The number of halogens is 4. The van der Waals surface area contributed by atoms with Gasteiger partial charge in [0.25, 0.3) is 5.91 Å². The largest absolute Gasteiger partial charge is 0.465 e. The van der Waals surface area contributed by atoms with E-state index in [1.165, 1.54) is 27.7 Å². The number of nitrogens with two attached hydrogens (primary N) is 1. The Morgan fingerprint density at radius 1 is 0.962 bits per heavy atom. The summed E-state index contributed by atoms with van der Waals surface area (Å²) >= 11 is 6.09. The van der Waals surface area contributed by atoms with Crippen LogP contribution >= 0.6 is 11.6 Å². The standard InChI is InChI=1S/C36H37ClF3N7O6/c1-52-33(49)24-7-9-25(10-8-24)44-15-17-45(18-16-44)32(48)29(21-22-19-27(36(38,39)40)30(41)28(37)20-22)53-35(51)46-13-11-26(12-14-46)47-34(50)42-31(43-47)23-5-3-2-4-6-23/h2-10,19-20,26,29H,11-18,21,41H2,1H3,(H,42,43,50)/t29-/m1/s1. The lowest BCUT2D eigenvalue weighted by Gasteiger charge is -2.38. The highest BCUT2D eigenvalue weighted by Crippen LogP contribution is 2.38. The zero-order valence-electron chi connectivity index (χ0n) is 28.6. The number of piperazine rings is 1. The molecule has 2 saturated heterocycles. The van der Waals surface area contributed by atoms with Crippen LogP contribution < -0.4 is 16.3 Å². The molecule has 3 heterocycles. The first-order chi connectivity index (χ1) is 25.3. The number of piperidine rings is 1. The second kappa shape index (κ2) is 15.6. The third kappa shape index (κ3) is 8.43. The van der Waals surface area contributed by atoms with Gasteiger partial charge in [-0.3, -0.25) is 9.78 Å². The summed E-state index contributed by atoms with van der Waals surface area (Å²) in [5.41, 5.74) is 5.42. The molecule has 13 nitrogen and oxygen atoms in total. The summed E-state index contributed by atoms with van der Waals surface area (Å²) in [6.45, 7) is 1.64. The first-order valence-electron chi connectivity index (χ1n) is 16.9. The van der Waals surface area contributed by atoms with Gasteiger partial charge in [-0.15, -0.1) is 5.10 Å². The molecule has 2 aliphatic rings. The number of carbonyl (C=O) groups excluding carboxylic acids is 3. The number of nitrogens with zero attached hydrogens (tertiary/aromatic N) is 5. The van der Waals surface area contributed by atoms with Crippen LogP contribution in [0.5, 0.6) is 0 Å². The average Bonchev–Trinajstić information content (AvgIpc) is 3.56. The Hall–Kier alpha value is -5.51. The molecule has 1 atom stereocenters. The fraction of sp³-hybridized carbons (Fsp3) is 0.361. The third-order valence-electron chi connectivity index (χ3n) is 9.44. The Bertz CT molecular complexity index is 2010. The second-order valence-corrected chi connectivity index (χ2v) is 13.2. The molecule has 280 valence electrons. The number of anilines is 2. The van der Waals surface area contributed by atoms with E-state index in [4.69, 9.17) is 26.8 Å². The third-order valence-corrected chi connectivity index (χ3v) is 9.75. The maximum absolute atomic E-state index is 14.0. The Morgan fingerprint density at radius 2 is 1.62 bits per heavy atom. The van der Waals surface area contributed by atoms with E-state index in [0.29, 0.717) is 37.3 Å². The average molecular weight is 756 g/mol. The van der Waals surface area contributed by atoms with Crippen molar-refractivity contribution in [3.63, 3.8) is 0 Å². The van der Waals surface area contributed by atoms with Crippen molar-refractivity contribution in [2.75, 3.05) is 57.0 Å². The van der Waals surface area contributed by atoms with Crippen molar-refractivity contribution in [1.82, 2.24) is 24.6 Å². The molecule has 2 amide bonds. The van der Waals surface area contributed by atoms with Gasteiger partial charge in [-0.25, -0.2) is 19.1 Å². The normalized spacial score (nSPS) is 16.0. The van der Waals surface area contributed by atoms with E-state index in [9.17, 15) is 32.3 Å². The van der Waals surface area contributed by atoms with E-state index in [-0.39, 0.29) is 54.9 Å². The van der Waals surface area contributed by atoms with Crippen LogP contribution in [-0.2, 0) is 26.9 Å². The van der Waals surface area contributed by atoms with Gasteiger partial charge in [0.1, 0.15) is 0 Å². The summed E-state index contributed by atoms with van der Waals surface area (Å²) in [5.74, 6) is -0.619. The number of nitrogen functional groups attached to an aromatic ring is 1. The number of H-pyrrole nitrogens is 1. The zero-order valence-corrected chi connectivity index (χ0v) is 29.4. The molecule has 0 unspecified atom stereocenters. The molecule has 0 spiro atoms. The van der Waals surface area contributed by atoms with E-state index < -0.39 is 41.5 Å². The molecule has 53 heavy (non-hydrogen) atoms. The van der Waals surface area contributed by atoms with Crippen LogP contribution in [0.2, 0.25) is 5.02 Å². The minimum atomic E-state index is -4.81. The van der Waals surface area contributed by atoms with Crippen LogP contribution in [-0.4, -0.2) is 95.0 Å². The minimum Gasteiger partial charge on any atom is -0.465 e. The van der Waals surface area contributed by atoms with Crippen molar-refractivity contribution in [1.29, 1.82) is 0 Å². The highest BCUT2D eigenvalue weighted by Gasteiger charge is 2.37. The molecule has 0 bridgehead atoms. The highest BCUT2D eigenvalue weighted by molar-refractivity contribution is 6.33. The Balaban J connectivity index is 1.15. The van der Waals surface area contributed by atoms with Gasteiger partial charge in [0.05, 0.1) is 35.0 Å². The van der Waals surface area contributed by atoms with Crippen LogP contribution in [0.3, 0.4) is 0 Å². The molecule has 0 radical (unpaired) electrons. The van der Waals surface area contributed by atoms with E-state index in [2.05, 4.69) is 10.1 Å². The minimum absolute atomic E-state index is 0.0119. The molecule has 6 rings (SSSR count). The Labute approximate surface area is 307 Å². The van der Waals surface area contributed by atoms with Crippen LogP contribution in [0.1, 0.15) is 40.4 Å². The number of nitrogens with one attached hydrogen (secondary N) is 1. The monoisotopic (exact) mass is 755 g/mol. The fourth-order valence-corrected chi connectivity index (χ4v) is 6.78. The van der Waals surface area contributed by atoms with Crippen molar-refractivity contribution in [2.45, 2.75) is 37.6 Å². The van der Waals surface area contributed by atoms with E-state index in [0.717, 1.165) is 17.3 Å². The number of ether oxygens (including phenoxy) is 2. The Morgan fingerprint density at radius 3 is 2.25 bits per heavy atom. The lowest BCUT2D eigenvalue weighted by Crippen LogP contribution is -2.53. The van der Waals surface area contributed by atoms with Gasteiger partial charge in [0, 0.05) is 56.9 Å². The number of aromatic nitrogens is 3. The van der Waals surface area contributed by atoms with Gasteiger partial charge >= 0.3 is 23.9 Å². The predicted molar refractivity (Wildman–Crippen MR) is 190 cm³/mol. The molecule has 0 saturated carbocycles. The van der Waals surface area contributed by atoms with Gasteiger partial charge in [0.2, 0.25) is 0 Å². The van der Waals surface area contributed by atoms with Gasteiger partial charge in [0.15, 0.2) is 11.9 Å². The number of carbonyl (C=O) groups is 3. The smallest absolute Gasteiger partial charge is 0.418 e. The highest BCUT2D eigenvalue weighted by atomic mass is 35.5. The first kappa shape index (κ1) is 37.3. The molecule has 3 N–H and O–H groups in total. The first-order valence-corrected chi connectivity index (χ1v) is 17.3. The van der Waals surface area contributed by atoms with Crippen LogP contribution in [0.25, 0.3) is 11.4 Å². The maximum atomic E-state index is 14.0. The number of amides is 2. The number of rotatable bonds is 8. The van der Waals surface area contributed by atoms with Crippen LogP contribution in [0.15, 0.2) is 71.5 Å². The summed E-state index contributed by atoms with van der Waals surface area (Å²) in [6, 6.07) is 17.7. The zero-order chi connectivity index (χ0) is 37.9. The van der Waals surface area contributed by atoms with Crippen molar-refractivity contribution in [2.24, 2.45) is 0 Å². The SMILES string of the molecule is COC(=O)c1ccc(N2CCN(C(=O)[C@@H](Cc3cc(Cl)c(N)c(C(F)(F)F)c3)OC(=O)N3CCC(n4nc(-c5ccccc5)[nH]c4=O)CC3)CC2)cc1. The number of methoxy groups -OCH3 is 1. The number of alkyl halides is 3. The van der Waals surface area contributed by atoms with E-state index >= 15 is 0 Å². The van der Waals surface area contributed by atoms with Crippen molar-refractivity contribution in [3.8, 4) is 11.4 Å². The lowest BCUT2D eigenvalue weighted by molar-refractivity contribution is -0.141. The Kier molecular flexibility index (Phi) is 11.0. The number of likely N-dealkylation sites (tertiary alicyclic amines) is 1. The number of hydrogen-bond donors (Lipinski definition) is 2. The predicted octanol–water partition coefficient (Wildman–Crippen LogP) is 5.01. The second-order valence-electron chi connectivity index (χ2n) is 12.8. The summed E-state index contributed by atoms with van der Waals surface area (Å²) in [4.78, 5) is 59.8. The summed E-state index contributed by atoms with van der Waals surface area (Å²) in [6.07, 6.45) is -6.74. The molecule has 4 aromatic rings. The molecular formula is C36H37ClF3N7O6. The molecule has 3 aromatic carbocycles. The molecule has 1 aromatic heterocycles. The fourth-order valence-electron chi connectivity index (χ4n) is 6.53. The molecule has 2 fully saturated rings. The number of esters is 1. The van der Waals surface area contributed by atoms with E-state index in [1.807, 2.05) is 35.2 Å². The quantitative estimate of drug-likeness (QED) is 0.186. The molecule has 17 heteroatoms. The molecule has 0 aliphatic carbocycles. The summed E-state index contributed by atoms with van der Waals surface area (Å²) < 4.78 is 53.3. The molecular weight excluding hydrogens is 719 g/mol. The van der Waals surface area contributed by atoms with Gasteiger partial charge < -0.3 is 29.9 Å². The summed E-state index contributed by atoms with van der Waals surface area (Å²) in [5, 5.41) is 4.12. The van der Waals surface area contributed by atoms with E-state index in [1.54, 1.807) is 24.3 Å². The molecule has 2 aliphatic heterocycles. The van der Waals surface area contributed by atoms with Crippen molar-refractivity contribution >= 4 is 40.9 Å². The van der Waals surface area contributed by atoms with Crippen LogP contribution in [0, 0.1) is 0 Å².